The number of carbonyl (C=O) groups is 1. The van der Waals surface area contributed by atoms with E-state index in [9.17, 15) is 4.79 Å². The van der Waals surface area contributed by atoms with Gasteiger partial charge in [-0.3, -0.25) is 0 Å². The maximum atomic E-state index is 10.8. The zero-order valence-corrected chi connectivity index (χ0v) is 11.6. The van der Waals surface area contributed by atoms with E-state index in [-0.39, 0.29) is 5.56 Å². The van der Waals surface area contributed by atoms with E-state index in [0.717, 1.165) is 12.8 Å². The average molecular weight is 283 g/mol. The van der Waals surface area contributed by atoms with Crippen LogP contribution in [0.5, 0.6) is 0 Å². The minimum Gasteiger partial charge on any atom is -0.478 e. The van der Waals surface area contributed by atoms with Crippen molar-refractivity contribution in [1.82, 2.24) is 4.98 Å². The number of hydrogen-bond acceptors (Lipinski definition) is 3. The molecule has 2 rings (SSSR count). The van der Waals surface area contributed by atoms with Crippen molar-refractivity contribution in [3.05, 3.63) is 22.8 Å². The number of halogens is 1. The van der Waals surface area contributed by atoms with Gasteiger partial charge >= 0.3 is 5.97 Å². The van der Waals surface area contributed by atoms with E-state index in [1.54, 1.807) is 0 Å². The summed E-state index contributed by atoms with van der Waals surface area (Å²) in [7, 11) is 0. The monoisotopic (exact) mass is 282 g/mol. The Kier molecular flexibility index (Phi) is 5.02. The quantitative estimate of drug-likeness (QED) is 0.881. The standard InChI is InChI=1S/C14H19ClN2O2/c15-12-8-10(14(18)19)9-16-13(12)17-11-6-4-2-1-3-5-7-11/h8-9,11H,1-7H2,(H,16,17)(H,18,19). The number of anilines is 1. The molecule has 4 nitrogen and oxygen atoms in total. The van der Waals surface area contributed by atoms with Crippen LogP contribution in [0.1, 0.15) is 55.3 Å². The van der Waals surface area contributed by atoms with Gasteiger partial charge in [0.15, 0.2) is 0 Å². The normalized spacial score (nSPS) is 17.5. The third kappa shape index (κ3) is 4.10. The van der Waals surface area contributed by atoms with Crippen LogP contribution in [0.2, 0.25) is 5.02 Å². The molecular weight excluding hydrogens is 264 g/mol. The van der Waals surface area contributed by atoms with Crippen molar-refractivity contribution in [1.29, 1.82) is 0 Å². The molecule has 2 N–H and O–H groups in total. The van der Waals surface area contributed by atoms with Gasteiger partial charge in [0.25, 0.3) is 0 Å². The molecule has 1 heterocycles. The summed E-state index contributed by atoms with van der Waals surface area (Å²) in [5, 5.41) is 12.6. The number of hydrogen-bond donors (Lipinski definition) is 2. The second-order valence-electron chi connectivity index (χ2n) is 5.05. The van der Waals surface area contributed by atoms with Crippen LogP contribution in [0.15, 0.2) is 12.3 Å². The molecule has 1 aliphatic rings. The van der Waals surface area contributed by atoms with Crippen molar-refractivity contribution in [3.63, 3.8) is 0 Å². The van der Waals surface area contributed by atoms with E-state index in [4.69, 9.17) is 16.7 Å². The number of carboxylic acids is 1. The molecule has 0 radical (unpaired) electrons. The van der Waals surface area contributed by atoms with Crippen molar-refractivity contribution in [2.75, 3.05) is 5.32 Å². The zero-order chi connectivity index (χ0) is 13.7. The number of aromatic nitrogens is 1. The fourth-order valence-electron chi connectivity index (χ4n) is 2.45. The number of pyridine rings is 1. The fraction of sp³-hybridized carbons (Fsp3) is 0.571. The summed E-state index contributed by atoms with van der Waals surface area (Å²) in [6.45, 7) is 0. The highest BCUT2D eigenvalue weighted by Crippen LogP contribution is 2.25. The van der Waals surface area contributed by atoms with Gasteiger partial charge in [0.1, 0.15) is 5.82 Å². The van der Waals surface area contributed by atoms with Gasteiger partial charge in [0.2, 0.25) is 0 Å². The minimum atomic E-state index is -1.01. The van der Waals surface area contributed by atoms with E-state index in [0.29, 0.717) is 16.9 Å². The molecule has 104 valence electrons. The highest BCUT2D eigenvalue weighted by molar-refractivity contribution is 6.33. The van der Waals surface area contributed by atoms with Gasteiger partial charge in [-0.2, -0.15) is 0 Å². The van der Waals surface area contributed by atoms with Gasteiger partial charge in [-0.1, -0.05) is 43.7 Å². The molecule has 1 saturated carbocycles. The maximum absolute atomic E-state index is 10.8. The molecule has 1 fully saturated rings. The van der Waals surface area contributed by atoms with Gasteiger partial charge in [-0.25, -0.2) is 9.78 Å². The Balaban J connectivity index is 2.03. The minimum absolute atomic E-state index is 0.119. The molecule has 0 spiro atoms. The molecule has 1 aromatic rings. The van der Waals surface area contributed by atoms with E-state index < -0.39 is 5.97 Å². The van der Waals surface area contributed by atoms with Crippen LogP contribution in [0.25, 0.3) is 0 Å². The lowest BCUT2D eigenvalue weighted by Crippen LogP contribution is -2.21. The maximum Gasteiger partial charge on any atom is 0.337 e. The lowest BCUT2D eigenvalue weighted by atomic mass is 9.97. The molecule has 0 aromatic carbocycles. The number of rotatable bonds is 3. The van der Waals surface area contributed by atoms with Crippen LogP contribution >= 0.6 is 11.6 Å². The molecule has 1 aromatic heterocycles. The molecule has 0 unspecified atom stereocenters. The Labute approximate surface area is 118 Å². The van der Waals surface area contributed by atoms with Crippen LogP contribution in [0, 0.1) is 0 Å². The molecular formula is C14H19ClN2O2. The predicted molar refractivity (Wildman–Crippen MR) is 75.9 cm³/mol. The van der Waals surface area contributed by atoms with E-state index in [1.807, 2.05) is 0 Å². The smallest absolute Gasteiger partial charge is 0.337 e. The molecule has 0 bridgehead atoms. The van der Waals surface area contributed by atoms with Crippen LogP contribution in [0.3, 0.4) is 0 Å². The third-order valence-electron chi connectivity index (χ3n) is 3.53. The molecule has 0 aliphatic heterocycles. The molecule has 0 atom stereocenters. The van der Waals surface area contributed by atoms with Crippen LogP contribution in [-0.4, -0.2) is 22.1 Å². The Hall–Kier alpha value is -1.29. The molecule has 19 heavy (non-hydrogen) atoms. The third-order valence-corrected chi connectivity index (χ3v) is 3.82. The second-order valence-corrected chi connectivity index (χ2v) is 5.45. The summed E-state index contributed by atoms with van der Waals surface area (Å²) in [5.41, 5.74) is 0.119. The summed E-state index contributed by atoms with van der Waals surface area (Å²) in [6, 6.07) is 1.84. The second kappa shape index (κ2) is 6.75. The Morgan fingerprint density at radius 2 is 1.89 bits per heavy atom. The van der Waals surface area contributed by atoms with Crippen molar-refractivity contribution < 1.29 is 9.90 Å². The van der Waals surface area contributed by atoms with Gasteiger partial charge < -0.3 is 10.4 Å². The Bertz CT molecular complexity index is 443. The SMILES string of the molecule is O=C(O)c1cnc(NC2CCCCCCC2)c(Cl)c1. The van der Waals surface area contributed by atoms with E-state index in [1.165, 1.54) is 44.4 Å². The van der Waals surface area contributed by atoms with Crippen LogP contribution in [0.4, 0.5) is 5.82 Å². The predicted octanol–water partition coefficient (Wildman–Crippen LogP) is 3.96. The van der Waals surface area contributed by atoms with Gasteiger partial charge in [-0.15, -0.1) is 0 Å². The summed E-state index contributed by atoms with van der Waals surface area (Å²) in [6.07, 6.45) is 9.95. The number of nitrogens with one attached hydrogen (secondary N) is 1. The summed E-state index contributed by atoms with van der Waals surface area (Å²) in [4.78, 5) is 14.9. The largest absolute Gasteiger partial charge is 0.478 e. The van der Waals surface area contributed by atoms with Crippen molar-refractivity contribution >= 4 is 23.4 Å². The first-order valence-corrected chi connectivity index (χ1v) is 7.20. The number of aromatic carboxylic acids is 1. The van der Waals surface area contributed by atoms with Gasteiger partial charge in [-0.05, 0) is 18.9 Å². The van der Waals surface area contributed by atoms with Crippen molar-refractivity contribution in [2.45, 2.75) is 51.0 Å². The Morgan fingerprint density at radius 1 is 1.26 bits per heavy atom. The average Bonchev–Trinajstić information content (AvgIpc) is 2.34. The zero-order valence-electron chi connectivity index (χ0n) is 10.9. The first-order valence-electron chi connectivity index (χ1n) is 6.82. The van der Waals surface area contributed by atoms with Crippen LogP contribution < -0.4 is 5.32 Å². The van der Waals surface area contributed by atoms with Crippen molar-refractivity contribution in [3.8, 4) is 0 Å². The fourth-order valence-corrected chi connectivity index (χ4v) is 2.68. The molecule has 5 heteroatoms. The first kappa shape index (κ1) is 14.1. The highest BCUT2D eigenvalue weighted by atomic mass is 35.5. The summed E-state index contributed by atoms with van der Waals surface area (Å²) in [5.74, 6) is -0.413. The lowest BCUT2D eigenvalue weighted by Gasteiger charge is -2.22. The first-order chi connectivity index (χ1) is 9.16. The number of carboxylic acid groups (broad SMARTS) is 1. The van der Waals surface area contributed by atoms with E-state index >= 15 is 0 Å². The Morgan fingerprint density at radius 3 is 2.47 bits per heavy atom. The molecule has 0 saturated heterocycles. The highest BCUT2D eigenvalue weighted by Gasteiger charge is 2.14. The molecule has 1 aliphatic carbocycles. The summed E-state index contributed by atoms with van der Waals surface area (Å²) < 4.78 is 0. The topological polar surface area (TPSA) is 62.2 Å². The van der Waals surface area contributed by atoms with Crippen LogP contribution in [-0.2, 0) is 0 Å². The lowest BCUT2D eigenvalue weighted by molar-refractivity contribution is 0.0696. The van der Waals surface area contributed by atoms with Crippen molar-refractivity contribution in [2.24, 2.45) is 0 Å². The molecule has 0 amide bonds. The summed E-state index contributed by atoms with van der Waals surface area (Å²) >= 11 is 6.08. The number of nitrogens with zero attached hydrogens (tertiary/aromatic N) is 1. The van der Waals surface area contributed by atoms with Gasteiger partial charge in [0, 0.05) is 12.2 Å². The van der Waals surface area contributed by atoms with E-state index in [2.05, 4.69) is 10.3 Å². The van der Waals surface area contributed by atoms with Gasteiger partial charge in [0.05, 0.1) is 10.6 Å².